The van der Waals surface area contributed by atoms with E-state index in [1.807, 2.05) is 0 Å². The zero-order valence-electron chi connectivity index (χ0n) is 6.66. The van der Waals surface area contributed by atoms with E-state index < -0.39 is 21.1 Å². The average Bonchev–Trinajstić information content (AvgIpc) is 1.81. The molecule has 0 aliphatic heterocycles. The van der Waals surface area contributed by atoms with Crippen LogP contribution in [0.3, 0.4) is 0 Å². The Bertz CT molecular complexity index is 286. The number of rotatable bonds is 5. The van der Waals surface area contributed by atoms with Crippen LogP contribution in [0.25, 0.3) is 0 Å². The molecule has 0 amide bonds. The molecule has 0 radical (unpaired) electrons. The van der Waals surface area contributed by atoms with Gasteiger partial charge in [0.25, 0.3) is 0 Å². The highest BCUT2D eigenvalue weighted by Gasteiger charge is 2.30. The van der Waals surface area contributed by atoms with Crippen molar-refractivity contribution in [2.24, 2.45) is 0 Å². The molecule has 0 aliphatic carbocycles. The molecule has 0 bridgehead atoms. The van der Waals surface area contributed by atoms with Crippen LogP contribution in [0.4, 0.5) is 0 Å². The molecule has 8 heteroatoms. The van der Waals surface area contributed by atoms with Crippen molar-refractivity contribution >= 4 is 15.2 Å². The third-order valence-electron chi connectivity index (χ3n) is 0.902. The van der Waals surface area contributed by atoms with Crippen LogP contribution in [-0.4, -0.2) is 27.2 Å². The molecule has 3 N–H and O–H groups in total. The number of terminal acetylenes is 1. The number of hydrogen-bond acceptors (Lipinski definition) is 3. The van der Waals surface area contributed by atoms with Crippen molar-refractivity contribution in [3.63, 3.8) is 0 Å². The Balaban J connectivity index is 4.04. The van der Waals surface area contributed by atoms with Gasteiger partial charge in [0.15, 0.2) is 5.90 Å². The molecule has 0 heterocycles. The molecule has 0 saturated heterocycles. The van der Waals surface area contributed by atoms with E-state index >= 15 is 0 Å². The van der Waals surface area contributed by atoms with Crippen LogP contribution in [0.1, 0.15) is 6.42 Å². The average molecular weight is 228 g/mol. The second-order valence-electron chi connectivity index (χ2n) is 2.23. The lowest BCUT2D eigenvalue weighted by atomic mass is 10.5. The summed E-state index contributed by atoms with van der Waals surface area (Å²) in [4.78, 5) is 25.6. The molecule has 13 heavy (non-hydrogen) atoms. The van der Waals surface area contributed by atoms with Crippen molar-refractivity contribution in [1.29, 1.82) is 0 Å². The lowest BCUT2D eigenvalue weighted by molar-refractivity contribution is 0.266. The van der Waals surface area contributed by atoms with Gasteiger partial charge in [-0.1, -0.05) is 0 Å². The van der Waals surface area contributed by atoms with E-state index in [4.69, 9.17) is 21.1 Å². The van der Waals surface area contributed by atoms with Crippen LogP contribution in [0, 0.1) is 12.3 Å². The van der Waals surface area contributed by atoms with Crippen LogP contribution in [0.2, 0.25) is 0 Å². The summed E-state index contributed by atoms with van der Waals surface area (Å²) < 4.78 is 25.5. The van der Waals surface area contributed by atoms with Gasteiger partial charge in [0.1, 0.15) is 0 Å². The molecule has 1 unspecified atom stereocenters. The predicted molar refractivity (Wildman–Crippen MR) is 46.1 cm³/mol. The molecule has 0 spiro atoms. The minimum Gasteiger partial charge on any atom is -0.324 e. The maximum absolute atomic E-state index is 10.9. The summed E-state index contributed by atoms with van der Waals surface area (Å²) in [5, 5.41) is 0. The van der Waals surface area contributed by atoms with Crippen molar-refractivity contribution in [2.45, 2.75) is 6.42 Å². The van der Waals surface area contributed by atoms with Gasteiger partial charge < -0.3 is 19.2 Å². The molecule has 0 rings (SSSR count). The van der Waals surface area contributed by atoms with Crippen LogP contribution >= 0.6 is 15.2 Å². The fourth-order valence-electron chi connectivity index (χ4n) is 0.521. The van der Waals surface area contributed by atoms with E-state index in [0.29, 0.717) is 0 Å². The van der Waals surface area contributed by atoms with Crippen LogP contribution in [-0.2, 0) is 13.7 Å². The van der Waals surface area contributed by atoms with Gasteiger partial charge in [-0.3, -0.25) is 9.13 Å². The van der Waals surface area contributed by atoms with Crippen molar-refractivity contribution in [1.82, 2.24) is 0 Å². The smallest absolute Gasteiger partial charge is 0.324 e. The van der Waals surface area contributed by atoms with E-state index in [-0.39, 0.29) is 13.0 Å². The highest BCUT2D eigenvalue weighted by atomic mass is 31.2. The zero-order chi connectivity index (χ0) is 10.5. The lowest BCUT2D eigenvalue weighted by Gasteiger charge is -2.11. The molecule has 0 aromatic carbocycles. The molecule has 0 aromatic heterocycles. The second-order valence-corrected chi connectivity index (χ2v) is 6.22. The highest BCUT2D eigenvalue weighted by molar-refractivity contribution is 7.70. The maximum Gasteiger partial charge on any atom is 0.340 e. The van der Waals surface area contributed by atoms with Crippen molar-refractivity contribution in [3.05, 3.63) is 0 Å². The maximum atomic E-state index is 10.9. The summed E-state index contributed by atoms with van der Waals surface area (Å²) in [6.45, 7) is -0.190. The third-order valence-corrected chi connectivity index (χ3v) is 4.39. The normalized spacial score (nSPS) is 16.2. The Morgan fingerprint density at radius 2 is 1.85 bits per heavy atom. The van der Waals surface area contributed by atoms with Gasteiger partial charge in [0.05, 0.1) is 6.61 Å². The number of hydrogen-bond donors (Lipinski definition) is 3. The topological polar surface area (TPSA) is 104 Å². The molecule has 0 fully saturated rings. The summed E-state index contributed by atoms with van der Waals surface area (Å²) in [6.07, 6.45) is 4.95. The molecule has 6 nitrogen and oxygen atoms in total. The second kappa shape index (κ2) is 4.92. The van der Waals surface area contributed by atoms with Crippen molar-refractivity contribution in [3.8, 4) is 12.3 Å². The Kier molecular flexibility index (Phi) is 4.87. The van der Waals surface area contributed by atoms with E-state index in [9.17, 15) is 9.13 Å². The first-order chi connectivity index (χ1) is 5.77. The van der Waals surface area contributed by atoms with Gasteiger partial charge in [-0.25, -0.2) is 0 Å². The summed E-state index contributed by atoms with van der Waals surface area (Å²) in [7, 11) is -8.73. The largest absolute Gasteiger partial charge is 0.340 e. The summed E-state index contributed by atoms with van der Waals surface area (Å²) >= 11 is 0. The van der Waals surface area contributed by atoms with E-state index in [1.54, 1.807) is 0 Å². The molecule has 0 saturated carbocycles. The first-order valence-corrected chi connectivity index (χ1v) is 6.77. The monoisotopic (exact) mass is 228 g/mol. The van der Waals surface area contributed by atoms with E-state index in [2.05, 4.69) is 10.4 Å². The molecular formula is C5H10O6P2. The van der Waals surface area contributed by atoms with Gasteiger partial charge in [-0.2, -0.15) is 0 Å². The van der Waals surface area contributed by atoms with E-state index in [1.165, 1.54) is 0 Å². The van der Waals surface area contributed by atoms with Gasteiger partial charge >= 0.3 is 15.2 Å². The SMILES string of the molecule is C#CCCOP(=O)(O)CP(=O)(O)O. The first-order valence-electron chi connectivity index (χ1n) is 3.21. The minimum atomic E-state index is -4.53. The Hall–Kier alpha value is -0.140. The van der Waals surface area contributed by atoms with Crippen LogP contribution < -0.4 is 0 Å². The lowest BCUT2D eigenvalue weighted by Crippen LogP contribution is -1.97. The van der Waals surface area contributed by atoms with Gasteiger partial charge in [-0.15, -0.1) is 12.3 Å². The molecule has 0 aliphatic rings. The summed E-state index contributed by atoms with van der Waals surface area (Å²) in [5.41, 5.74) is 0. The minimum absolute atomic E-state index is 0.117. The standard InChI is InChI=1S/C5H10O6P2/c1-2-3-4-11-13(9,10)5-12(6,7)8/h1H,3-5H2,(H,9,10)(H2,6,7,8). The van der Waals surface area contributed by atoms with Crippen LogP contribution in [0.5, 0.6) is 0 Å². The molecule has 76 valence electrons. The fraction of sp³-hybridized carbons (Fsp3) is 0.600. The third kappa shape index (κ3) is 8.20. The molecule has 1 atom stereocenters. The highest BCUT2D eigenvalue weighted by Crippen LogP contribution is 2.55. The van der Waals surface area contributed by atoms with Crippen molar-refractivity contribution < 1.29 is 28.3 Å². The molecular weight excluding hydrogens is 218 g/mol. The fourth-order valence-corrected chi connectivity index (χ4v) is 3.09. The van der Waals surface area contributed by atoms with Crippen molar-refractivity contribution in [2.75, 3.05) is 12.5 Å². The quantitative estimate of drug-likeness (QED) is 0.356. The van der Waals surface area contributed by atoms with Gasteiger partial charge in [0, 0.05) is 6.42 Å². The van der Waals surface area contributed by atoms with Gasteiger partial charge in [0.2, 0.25) is 0 Å². The first kappa shape index (κ1) is 12.9. The molecule has 0 aromatic rings. The Morgan fingerprint density at radius 3 is 2.23 bits per heavy atom. The zero-order valence-corrected chi connectivity index (χ0v) is 8.45. The predicted octanol–water partition coefficient (Wildman–Crippen LogP) is 0.347. The Morgan fingerprint density at radius 1 is 1.31 bits per heavy atom. The Labute approximate surface area is 75.6 Å². The van der Waals surface area contributed by atoms with Gasteiger partial charge in [-0.05, 0) is 0 Å². The van der Waals surface area contributed by atoms with E-state index in [0.717, 1.165) is 0 Å². The summed E-state index contributed by atoms with van der Waals surface area (Å²) in [5.74, 6) is 0.976. The summed E-state index contributed by atoms with van der Waals surface area (Å²) in [6, 6.07) is 0. The van der Waals surface area contributed by atoms with Crippen LogP contribution in [0.15, 0.2) is 0 Å².